The van der Waals surface area contributed by atoms with E-state index in [2.05, 4.69) is 42.8 Å². The number of benzene rings is 1. The molecule has 0 unspecified atom stereocenters. The maximum absolute atomic E-state index is 11.2. The van der Waals surface area contributed by atoms with Gasteiger partial charge in [0, 0.05) is 18.8 Å². The lowest BCUT2D eigenvalue weighted by atomic mass is 10.1. The van der Waals surface area contributed by atoms with Crippen molar-refractivity contribution in [3.05, 3.63) is 50.1 Å². The molecule has 0 saturated carbocycles. The summed E-state index contributed by atoms with van der Waals surface area (Å²) in [6.45, 7) is 21.1. The van der Waals surface area contributed by atoms with Gasteiger partial charge in [0.05, 0.1) is 88.0 Å². The summed E-state index contributed by atoms with van der Waals surface area (Å²) < 4.78 is 23.9. The van der Waals surface area contributed by atoms with Crippen molar-refractivity contribution in [3.63, 3.8) is 0 Å². The van der Waals surface area contributed by atoms with Gasteiger partial charge in [0.1, 0.15) is 12.6 Å². The van der Waals surface area contributed by atoms with E-state index >= 15 is 0 Å². The topological polar surface area (TPSA) is 151 Å². The number of rotatable bonds is 26. The molecule has 1 heterocycles. The fourth-order valence-corrected chi connectivity index (χ4v) is 5.59. The maximum Gasteiger partial charge on any atom is 0.333 e. The number of thiophene rings is 1. The summed E-state index contributed by atoms with van der Waals surface area (Å²) in [6, 6.07) is 6.51. The highest BCUT2D eigenvalue weighted by Gasteiger charge is 2.25. The smallest absolute Gasteiger partial charge is 0.333 e. The van der Waals surface area contributed by atoms with Gasteiger partial charge in [-0.05, 0) is 69.2 Å². The Kier molecular flexibility index (Phi) is 18.4. The zero-order valence-electron chi connectivity index (χ0n) is 28.0. The molecular weight excluding hydrogens is 616 g/mol. The number of azo groups is 1. The van der Waals surface area contributed by atoms with Crippen LogP contribution in [0.25, 0.3) is 0 Å². The fraction of sp³-hybridized carbons (Fsp3) is 0.677. The summed E-state index contributed by atoms with van der Waals surface area (Å²) in [5, 5.41) is 29.8. The first-order valence-electron chi connectivity index (χ1n) is 16.1. The molecule has 0 N–H and O–H groups in total. The van der Waals surface area contributed by atoms with Gasteiger partial charge in [0.25, 0.3) is 0 Å². The van der Waals surface area contributed by atoms with E-state index in [9.17, 15) is 20.2 Å². The molecule has 0 atom stereocenters. The molecule has 0 bridgehead atoms. The van der Waals surface area contributed by atoms with Crippen LogP contribution in [0.3, 0.4) is 0 Å². The predicted octanol–water partition coefficient (Wildman–Crippen LogP) is 6.84. The number of nitro groups is 2. The minimum Gasteiger partial charge on any atom is -0.377 e. The number of hydrogen-bond acceptors (Lipinski definition) is 12. The van der Waals surface area contributed by atoms with Crippen molar-refractivity contribution < 1.29 is 33.3 Å². The van der Waals surface area contributed by atoms with Gasteiger partial charge in [-0.25, -0.2) is 0 Å². The van der Waals surface area contributed by atoms with Crippen molar-refractivity contribution in [2.24, 2.45) is 10.2 Å². The summed E-state index contributed by atoms with van der Waals surface area (Å²) in [4.78, 5) is 23.0. The maximum atomic E-state index is 11.2. The Morgan fingerprint density at radius 1 is 0.804 bits per heavy atom. The second-order valence-corrected chi connectivity index (χ2v) is 11.8. The van der Waals surface area contributed by atoms with Gasteiger partial charge in [0.15, 0.2) is 0 Å². The Morgan fingerprint density at radius 2 is 1.41 bits per heavy atom. The Bertz CT molecular complexity index is 1220. The number of aryl methyl sites for hydroxylation is 1. The molecule has 2 aromatic rings. The monoisotopic (exact) mass is 667 g/mol. The fourth-order valence-electron chi connectivity index (χ4n) is 4.83. The quantitative estimate of drug-likeness (QED) is 0.0345. The molecular formula is C31H51N6O8S+. The van der Waals surface area contributed by atoms with E-state index < -0.39 is 15.5 Å². The van der Waals surface area contributed by atoms with Crippen LogP contribution in [0.1, 0.15) is 46.1 Å². The lowest BCUT2D eigenvalue weighted by molar-refractivity contribution is -0.925. The van der Waals surface area contributed by atoms with Crippen LogP contribution in [0, 0.1) is 27.2 Å². The SMILES string of the molecule is CCCC[N+](CC)(CC)CCOCCOCCOCCOCCN(CC)c1ccc(N=Nc2sc([N+](=O)[O-])cc2[N+](=O)[O-])c(C)c1. The van der Waals surface area contributed by atoms with Crippen LogP contribution in [0.5, 0.6) is 0 Å². The van der Waals surface area contributed by atoms with Crippen LogP contribution in [0.15, 0.2) is 34.5 Å². The average molecular weight is 668 g/mol. The number of anilines is 1. The predicted molar refractivity (Wildman–Crippen MR) is 180 cm³/mol. The first-order chi connectivity index (χ1) is 22.2. The number of quaternary nitrogens is 1. The number of nitrogens with zero attached hydrogens (tertiary/aromatic N) is 6. The minimum atomic E-state index is -0.702. The highest BCUT2D eigenvalue weighted by molar-refractivity contribution is 7.19. The van der Waals surface area contributed by atoms with E-state index in [1.165, 1.54) is 19.4 Å². The number of ether oxygens (including phenoxy) is 4. The van der Waals surface area contributed by atoms with E-state index in [-0.39, 0.29) is 10.0 Å². The molecule has 0 aliphatic heterocycles. The first kappa shape index (κ1) is 39.1. The molecule has 1 aromatic heterocycles. The molecule has 46 heavy (non-hydrogen) atoms. The molecule has 0 aliphatic rings. The van der Waals surface area contributed by atoms with Gasteiger partial charge in [0.2, 0.25) is 5.00 Å². The third kappa shape index (κ3) is 13.3. The Labute approximate surface area is 276 Å². The second-order valence-electron chi connectivity index (χ2n) is 10.8. The molecule has 258 valence electrons. The number of hydrogen-bond donors (Lipinski definition) is 0. The molecule has 0 fully saturated rings. The van der Waals surface area contributed by atoms with Crippen LogP contribution in [-0.4, -0.2) is 106 Å². The minimum absolute atomic E-state index is 0.119. The standard InChI is InChI=1S/C31H51N6O8S/c1-6-10-14-37(8-3,9-4)15-17-43-19-21-45-23-22-44-20-18-42-16-13-34(7-2)27-11-12-28(26(5)24-27)32-33-31-29(35(38)39)25-30(46-31)36(40)41/h11-12,24-25H,6-10,13-23H2,1-5H3/q+1. The molecule has 14 nitrogen and oxygen atoms in total. The molecule has 15 heteroatoms. The lowest BCUT2D eigenvalue weighted by Crippen LogP contribution is -2.50. The van der Waals surface area contributed by atoms with Crippen LogP contribution in [0.4, 0.5) is 27.1 Å². The van der Waals surface area contributed by atoms with Gasteiger partial charge >= 0.3 is 10.7 Å². The highest BCUT2D eigenvalue weighted by atomic mass is 32.1. The summed E-state index contributed by atoms with van der Waals surface area (Å²) in [5.74, 6) is 0. The van der Waals surface area contributed by atoms with Crippen LogP contribution >= 0.6 is 11.3 Å². The largest absolute Gasteiger partial charge is 0.377 e. The zero-order valence-corrected chi connectivity index (χ0v) is 28.8. The lowest BCUT2D eigenvalue weighted by Gasteiger charge is -2.36. The van der Waals surface area contributed by atoms with Gasteiger partial charge in [-0.15, -0.1) is 10.2 Å². The van der Waals surface area contributed by atoms with Gasteiger partial charge in [-0.2, -0.15) is 0 Å². The van der Waals surface area contributed by atoms with Gasteiger partial charge in [-0.1, -0.05) is 13.3 Å². The van der Waals surface area contributed by atoms with Crippen molar-refractivity contribution >= 4 is 38.4 Å². The first-order valence-corrected chi connectivity index (χ1v) is 16.9. The third-order valence-electron chi connectivity index (χ3n) is 7.89. The van der Waals surface area contributed by atoms with Crippen molar-refractivity contribution in [1.82, 2.24) is 0 Å². The number of unbranched alkanes of at least 4 members (excludes halogenated alkanes) is 1. The third-order valence-corrected chi connectivity index (χ3v) is 8.85. The summed E-state index contributed by atoms with van der Waals surface area (Å²) in [7, 11) is 0. The van der Waals surface area contributed by atoms with Gasteiger partial charge in [-0.3, -0.25) is 20.2 Å². The molecule has 0 spiro atoms. The summed E-state index contributed by atoms with van der Waals surface area (Å²) in [5.41, 5.74) is 1.86. The molecule has 0 aliphatic carbocycles. The van der Waals surface area contributed by atoms with Crippen LogP contribution in [0.2, 0.25) is 0 Å². The van der Waals surface area contributed by atoms with Crippen molar-refractivity contribution in [2.75, 3.05) is 97.0 Å². The average Bonchev–Trinajstić information content (AvgIpc) is 3.49. The molecule has 2 rings (SSSR count). The van der Waals surface area contributed by atoms with E-state index in [0.29, 0.717) is 69.8 Å². The number of likely N-dealkylation sites (N-methyl/N-ethyl adjacent to an activating group) is 2. The van der Waals surface area contributed by atoms with Gasteiger partial charge < -0.3 is 28.3 Å². The second kappa shape index (κ2) is 21.7. The molecule has 0 saturated heterocycles. The molecule has 1 aromatic carbocycles. The van der Waals surface area contributed by atoms with Crippen molar-refractivity contribution in [3.8, 4) is 0 Å². The van der Waals surface area contributed by atoms with E-state index in [1.54, 1.807) is 6.07 Å². The van der Waals surface area contributed by atoms with Crippen molar-refractivity contribution in [1.29, 1.82) is 0 Å². The highest BCUT2D eigenvalue weighted by Crippen LogP contribution is 2.42. The van der Waals surface area contributed by atoms with E-state index in [0.717, 1.165) is 54.6 Å². The Morgan fingerprint density at radius 3 is 1.93 bits per heavy atom. The molecule has 0 amide bonds. The van der Waals surface area contributed by atoms with Crippen molar-refractivity contribution in [2.45, 2.75) is 47.5 Å². The molecule has 0 radical (unpaired) electrons. The normalized spacial score (nSPS) is 11.8. The van der Waals surface area contributed by atoms with E-state index in [4.69, 9.17) is 18.9 Å². The zero-order chi connectivity index (χ0) is 33.8. The van der Waals surface area contributed by atoms with Crippen LogP contribution in [-0.2, 0) is 18.9 Å². The summed E-state index contributed by atoms with van der Waals surface area (Å²) in [6.07, 6.45) is 2.48. The Hall–Kier alpha value is -3.08. The van der Waals surface area contributed by atoms with E-state index in [1.807, 2.05) is 19.1 Å². The Balaban J connectivity index is 1.62. The van der Waals surface area contributed by atoms with Crippen LogP contribution < -0.4 is 4.90 Å². The summed E-state index contributed by atoms with van der Waals surface area (Å²) >= 11 is 0.615.